The molecule has 0 aliphatic heterocycles. The van der Waals surface area contributed by atoms with Gasteiger partial charge in [0.05, 0.1) is 6.54 Å². The molecule has 6 heteroatoms. The summed E-state index contributed by atoms with van der Waals surface area (Å²) in [6, 6.07) is 7.32. The second-order valence-corrected chi connectivity index (χ2v) is 3.37. The number of hydrogen-bond donors (Lipinski definition) is 3. The zero-order valence-electron chi connectivity index (χ0n) is 9.31. The van der Waals surface area contributed by atoms with E-state index in [1.807, 2.05) is 18.2 Å². The van der Waals surface area contributed by atoms with E-state index in [1.165, 1.54) is 0 Å². The molecule has 94 valence electrons. The van der Waals surface area contributed by atoms with Gasteiger partial charge in [-0.05, 0) is 18.1 Å². The number of carbonyl (C=O) groups excluding carboxylic acids is 2. The van der Waals surface area contributed by atoms with E-state index >= 15 is 0 Å². The lowest BCUT2D eigenvalue weighted by molar-refractivity contribution is -0.129. The van der Waals surface area contributed by atoms with E-state index in [0.29, 0.717) is 12.1 Å². The van der Waals surface area contributed by atoms with Gasteiger partial charge in [-0.2, -0.15) is 0 Å². The third-order valence-electron chi connectivity index (χ3n) is 2.14. The highest BCUT2D eigenvalue weighted by Gasteiger charge is 2.07. The topological polar surface area (TPSA) is 98.2 Å². The van der Waals surface area contributed by atoms with Gasteiger partial charge in [0.2, 0.25) is 11.8 Å². The maximum absolute atomic E-state index is 11.3. The van der Waals surface area contributed by atoms with Crippen molar-refractivity contribution in [3.63, 3.8) is 0 Å². The minimum atomic E-state index is -0.467. The van der Waals surface area contributed by atoms with Gasteiger partial charge >= 0.3 is 0 Å². The number of imide groups is 1. The van der Waals surface area contributed by atoms with Crippen LogP contribution in [0.4, 0.5) is 5.69 Å². The van der Waals surface area contributed by atoms with Crippen molar-refractivity contribution in [2.24, 2.45) is 5.73 Å². The summed E-state index contributed by atoms with van der Waals surface area (Å²) in [4.78, 5) is 22.1. The van der Waals surface area contributed by atoms with Crippen molar-refractivity contribution in [3.05, 3.63) is 29.8 Å². The first-order valence-corrected chi connectivity index (χ1v) is 4.99. The number of anilines is 1. The van der Waals surface area contributed by atoms with Crippen molar-refractivity contribution < 1.29 is 9.59 Å². The summed E-state index contributed by atoms with van der Waals surface area (Å²) in [6.45, 7) is -0.181. The van der Waals surface area contributed by atoms with Crippen LogP contribution in [0.15, 0.2) is 24.3 Å². The number of benzene rings is 1. The molecule has 5 N–H and O–H groups in total. The number of hydrogen-bond acceptors (Lipinski definition) is 4. The fourth-order valence-electron chi connectivity index (χ4n) is 1.28. The maximum atomic E-state index is 11.3. The minimum Gasteiger partial charge on any atom is -0.399 e. The average molecular weight is 258 g/mol. The van der Waals surface area contributed by atoms with Crippen LogP contribution in [-0.4, -0.2) is 18.4 Å². The average Bonchev–Trinajstić information content (AvgIpc) is 2.28. The number of nitrogens with one attached hydrogen (secondary N) is 1. The standard InChI is InChI=1S/C11H15N3O2.ClH/c12-7-11(16)14-10(15)6-5-8-3-1-2-4-9(8)13;/h1-4H,5-7,12-13H2,(H,14,15,16);1H. The van der Waals surface area contributed by atoms with Crippen LogP contribution in [0.3, 0.4) is 0 Å². The highest BCUT2D eigenvalue weighted by atomic mass is 35.5. The number of nitrogen functional groups attached to an aromatic ring is 1. The van der Waals surface area contributed by atoms with E-state index in [-0.39, 0.29) is 31.3 Å². The second kappa shape index (κ2) is 7.65. The molecule has 0 aliphatic rings. The quantitative estimate of drug-likeness (QED) is 0.672. The van der Waals surface area contributed by atoms with E-state index in [9.17, 15) is 9.59 Å². The van der Waals surface area contributed by atoms with Crippen LogP contribution >= 0.6 is 12.4 Å². The fraction of sp³-hybridized carbons (Fsp3) is 0.273. The lowest BCUT2D eigenvalue weighted by Gasteiger charge is -2.05. The summed E-state index contributed by atoms with van der Waals surface area (Å²) in [5.74, 6) is -0.801. The predicted octanol–water partition coefficient (Wildman–Crippen LogP) is 0.225. The molecule has 0 heterocycles. The SMILES string of the molecule is Cl.NCC(=O)NC(=O)CCc1ccccc1N. The molecule has 0 aliphatic carbocycles. The number of halogens is 1. The monoisotopic (exact) mass is 257 g/mol. The van der Waals surface area contributed by atoms with Gasteiger partial charge in [0, 0.05) is 12.1 Å². The van der Waals surface area contributed by atoms with Gasteiger partial charge in [0.15, 0.2) is 0 Å². The maximum Gasteiger partial charge on any atom is 0.240 e. The highest BCUT2D eigenvalue weighted by Crippen LogP contribution is 2.12. The van der Waals surface area contributed by atoms with E-state index in [1.54, 1.807) is 6.07 Å². The first kappa shape index (κ1) is 15.4. The van der Waals surface area contributed by atoms with Gasteiger partial charge in [-0.1, -0.05) is 18.2 Å². The van der Waals surface area contributed by atoms with Crippen molar-refractivity contribution in [2.75, 3.05) is 12.3 Å². The van der Waals surface area contributed by atoms with E-state index in [2.05, 4.69) is 5.32 Å². The molecule has 0 saturated heterocycles. The zero-order valence-corrected chi connectivity index (χ0v) is 10.1. The van der Waals surface area contributed by atoms with Gasteiger partial charge < -0.3 is 11.5 Å². The Kier molecular flexibility index (Phi) is 6.93. The van der Waals surface area contributed by atoms with E-state index in [4.69, 9.17) is 11.5 Å². The Hall–Kier alpha value is -1.59. The van der Waals surface area contributed by atoms with Gasteiger partial charge in [-0.15, -0.1) is 12.4 Å². The van der Waals surface area contributed by atoms with Gasteiger partial charge in [0.25, 0.3) is 0 Å². The van der Waals surface area contributed by atoms with Crippen LogP contribution in [0.25, 0.3) is 0 Å². The number of aryl methyl sites for hydroxylation is 1. The number of rotatable bonds is 4. The molecule has 0 spiro atoms. The molecule has 0 fully saturated rings. The Labute approximate surface area is 106 Å². The van der Waals surface area contributed by atoms with Crippen molar-refractivity contribution in [1.82, 2.24) is 5.32 Å². The number of amides is 2. The van der Waals surface area contributed by atoms with Crippen molar-refractivity contribution in [2.45, 2.75) is 12.8 Å². The third kappa shape index (κ3) is 5.33. The molecule has 17 heavy (non-hydrogen) atoms. The lowest BCUT2D eigenvalue weighted by atomic mass is 10.1. The molecule has 1 aromatic rings. The molecule has 0 bridgehead atoms. The molecule has 1 rings (SSSR count). The summed E-state index contributed by atoms with van der Waals surface area (Å²) >= 11 is 0. The molecule has 0 unspecified atom stereocenters. The molecule has 1 aromatic carbocycles. The van der Waals surface area contributed by atoms with Crippen LogP contribution in [0.1, 0.15) is 12.0 Å². The number of carbonyl (C=O) groups is 2. The largest absolute Gasteiger partial charge is 0.399 e. The predicted molar refractivity (Wildman–Crippen MR) is 68.6 cm³/mol. The lowest BCUT2D eigenvalue weighted by Crippen LogP contribution is -2.35. The molecular weight excluding hydrogens is 242 g/mol. The van der Waals surface area contributed by atoms with Crippen molar-refractivity contribution >= 4 is 29.9 Å². The number of nitrogens with two attached hydrogens (primary N) is 2. The first-order chi connectivity index (χ1) is 7.63. The summed E-state index contributed by atoms with van der Waals surface area (Å²) in [5.41, 5.74) is 12.3. The van der Waals surface area contributed by atoms with Crippen LogP contribution in [0.5, 0.6) is 0 Å². The van der Waals surface area contributed by atoms with Gasteiger partial charge in [0.1, 0.15) is 0 Å². The van der Waals surface area contributed by atoms with Crippen molar-refractivity contribution in [3.8, 4) is 0 Å². The molecule has 0 radical (unpaired) electrons. The second-order valence-electron chi connectivity index (χ2n) is 3.37. The Morgan fingerprint density at radius 1 is 1.18 bits per heavy atom. The molecular formula is C11H16ClN3O2. The first-order valence-electron chi connectivity index (χ1n) is 4.99. The fourth-order valence-corrected chi connectivity index (χ4v) is 1.28. The minimum absolute atomic E-state index is 0. The molecule has 2 amide bonds. The smallest absolute Gasteiger partial charge is 0.240 e. The van der Waals surface area contributed by atoms with Crippen LogP contribution in [0.2, 0.25) is 0 Å². The van der Waals surface area contributed by atoms with Gasteiger partial charge in [-0.3, -0.25) is 14.9 Å². The summed E-state index contributed by atoms with van der Waals surface area (Å²) in [6.07, 6.45) is 0.732. The van der Waals surface area contributed by atoms with Gasteiger partial charge in [-0.25, -0.2) is 0 Å². The third-order valence-corrected chi connectivity index (χ3v) is 2.14. The summed E-state index contributed by atoms with van der Waals surface area (Å²) in [7, 11) is 0. The normalized spacial score (nSPS) is 9.24. The van der Waals surface area contributed by atoms with Crippen LogP contribution in [-0.2, 0) is 16.0 Å². The Morgan fingerprint density at radius 3 is 2.41 bits per heavy atom. The van der Waals surface area contributed by atoms with Crippen LogP contribution in [0, 0.1) is 0 Å². The zero-order chi connectivity index (χ0) is 12.0. The molecule has 0 saturated carbocycles. The van der Waals surface area contributed by atoms with Crippen LogP contribution < -0.4 is 16.8 Å². The summed E-state index contributed by atoms with van der Waals surface area (Å²) in [5, 5.41) is 2.18. The van der Waals surface area contributed by atoms with E-state index < -0.39 is 5.91 Å². The Morgan fingerprint density at radius 2 is 1.82 bits per heavy atom. The molecule has 0 aromatic heterocycles. The Bertz CT molecular complexity index is 396. The Balaban J connectivity index is 0.00000256. The number of para-hydroxylation sites is 1. The van der Waals surface area contributed by atoms with Crippen molar-refractivity contribution in [1.29, 1.82) is 0 Å². The summed E-state index contributed by atoms with van der Waals surface area (Å²) < 4.78 is 0. The highest BCUT2D eigenvalue weighted by molar-refractivity contribution is 5.96. The molecule has 5 nitrogen and oxygen atoms in total. The van der Waals surface area contributed by atoms with E-state index in [0.717, 1.165) is 5.56 Å². The molecule has 0 atom stereocenters.